The molecule has 1 N–H and O–H groups in total. The number of aromatic nitrogens is 4. The fraction of sp³-hybridized carbons (Fsp3) is 0.500. The molecule has 116 valence electrons. The van der Waals surface area contributed by atoms with Crippen LogP contribution in [0, 0.1) is 0 Å². The van der Waals surface area contributed by atoms with Crippen LogP contribution in [-0.2, 0) is 19.4 Å². The van der Waals surface area contributed by atoms with Gasteiger partial charge < -0.3 is 5.32 Å². The summed E-state index contributed by atoms with van der Waals surface area (Å²) >= 11 is 0. The third-order valence-electron chi connectivity index (χ3n) is 2.56. The maximum atomic E-state index is 13.0. The van der Waals surface area contributed by atoms with E-state index in [0.29, 0.717) is 0 Å². The molecule has 2 aromatic rings. The van der Waals surface area contributed by atoms with Crippen LogP contribution in [0.4, 0.5) is 32.2 Å². The number of nitrogens with one attached hydrogen (secondary N) is 1. The van der Waals surface area contributed by atoms with Crippen LogP contribution < -0.4 is 5.32 Å². The Balaban J connectivity index is 2.86. The van der Waals surface area contributed by atoms with E-state index in [-0.39, 0.29) is 12.4 Å². The molecule has 0 aromatic carbocycles. The van der Waals surface area contributed by atoms with Crippen molar-refractivity contribution in [1.29, 1.82) is 0 Å². The average Bonchev–Trinajstić information content (AvgIpc) is 2.63. The Morgan fingerprint density at radius 2 is 1.67 bits per heavy atom. The van der Waals surface area contributed by atoms with Crippen molar-refractivity contribution >= 4 is 16.9 Å². The van der Waals surface area contributed by atoms with Gasteiger partial charge in [0.2, 0.25) is 5.82 Å². The number of fused-ring (bicyclic) bond motifs is 1. The van der Waals surface area contributed by atoms with Crippen molar-refractivity contribution in [1.82, 2.24) is 19.7 Å². The summed E-state index contributed by atoms with van der Waals surface area (Å²) in [5, 5.41) is 5.61. The highest BCUT2D eigenvalue weighted by atomic mass is 19.4. The van der Waals surface area contributed by atoms with Gasteiger partial charge in [-0.05, 0) is 6.92 Å². The van der Waals surface area contributed by atoms with Crippen molar-refractivity contribution in [3.8, 4) is 0 Å². The van der Waals surface area contributed by atoms with Crippen molar-refractivity contribution in [2.75, 3.05) is 11.9 Å². The van der Waals surface area contributed by atoms with Crippen LogP contribution in [0.15, 0.2) is 0 Å². The third-order valence-corrected chi connectivity index (χ3v) is 2.56. The van der Waals surface area contributed by atoms with Gasteiger partial charge in [-0.15, -0.1) is 0 Å². The van der Waals surface area contributed by atoms with E-state index in [0.717, 1.165) is 4.68 Å². The highest BCUT2D eigenvalue weighted by molar-refractivity contribution is 5.90. The number of anilines is 1. The Bertz CT molecular complexity index is 671. The monoisotopic (exact) mass is 313 g/mol. The molecule has 0 unspecified atom stereocenters. The van der Waals surface area contributed by atoms with Gasteiger partial charge in [0.25, 0.3) is 0 Å². The highest BCUT2D eigenvalue weighted by Gasteiger charge is 2.42. The average molecular weight is 313 g/mol. The van der Waals surface area contributed by atoms with Crippen LogP contribution >= 0.6 is 0 Å². The fourth-order valence-electron chi connectivity index (χ4n) is 1.80. The molecule has 21 heavy (non-hydrogen) atoms. The second-order valence-corrected chi connectivity index (χ2v) is 4.09. The lowest BCUT2D eigenvalue weighted by molar-refractivity contribution is -0.151. The summed E-state index contributed by atoms with van der Waals surface area (Å²) in [7, 11) is 1.30. The summed E-state index contributed by atoms with van der Waals surface area (Å²) < 4.78 is 77.8. The molecule has 2 heterocycles. The number of alkyl halides is 6. The van der Waals surface area contributed by atoms with Crippen LogP contribution in [0.5, 0.6) is 0 Å². The Kier molecular flexibility index (Phi) is 3.46. The zero-order valence-corrected chi connectivity index (χ0v) is 10.8. The molecule has 0 aliphatic rings. The van der Waals surface area contributed by atoms with Gasteiger partial charge >= 0.3 is 12.4 Å². The molecule has 0 amide bonds. The van der Waals surface area contributed by atoms with Gasteiger partial charge in [0.15, 0.2) is 11.3 Å². The molecule has 0 atom stereocenters. The fourth-order valence-corrected chi connectivity index (χ4v) is 1.80. The van der Waals surface area contributed by atoms with E-state index in [1.54, 1.807) is 6.92 Å². The first kappa shape index (κ1) is 15.3. The number of hydrogen-bond donors (Lipinski definition) is 1. The first-order chi connectivity index (χ1) is 9.55. The minimum Gasteiger partial charge on any atom is -0.370 e. The van der Waals surface area contributed by atoms with E-state index in [1.165, 1.54) is 7.05 Å². The summed E-state index contributed by atoms with van der Waals surface area (Å²) in [4.78, 5) is 5.72. The maximum Gasteiger partial charge on any atom is 0.451 e. The number of hydrogen-bond acceptors (Lipinski definition) is 4. The van der Waals surface area contributed by atoms with Crippen LogP contribution in [0.25, 0.3) is 11.0 Å². The Labute approximate surface area is 114 Å². The molecule has 0 spiro atoms. The van der Waals surface area contributed by atoms with E-state index in [1.807, 2.05) is 0 Å². The summed E-state index contributed by atoms with van der Waals surface area (Å²) in [5.41, 5.74) is -2.33. The van der Waals surface area contributed by atoms with E-state index < -0.39 is 34.9 Å². The van der Waals surface area contributed by atoms with Gasteiger partial charge in [0.1, 0.15) is 5.82 Å². The SMILES string of the molecule is CCNc1c2c(C(F)(F)F)nc(C(F)(F)F)nc2nn1C. The quantitative estimate of drug-likeness (QED) is 0.866. The van der Waals surface area contributed by atoms with E-state index >= 15 is 0 Å². The normalized spacial score (nSPS) is 13.0. The van der Waals surface area contributed by atoms with Crippen molar-refractivity contribution in [2.45, 2.75) is 19.3 Å². The number of rotatable bonds is 2. The Hall–Kier alpha value is -2.07. The molecule has 0 aliphatic carbocycles. The molecule has 11 heteroatoms. The Morgan fingerprint density at radius 1 is 1.05 bits per heavy atom. The number of aryl methyl sites for hydroxylation is 1. The molecule has 2 aromatic heterocycles. The van der Waals surface area contributed by atoms with Crippen molar-refractivity contribution in [2.24, 2.45) is 7.05 Å². The van der Waals surface area contributed by atoms with Crippen LogP contribution in [-0.4, -0.2) is 26.3 Å². The first-order valence-electron chi connectivity index (χ1n) is 5.68. The standard InChI is InChI=1S/C10H9F6N5/c1-3-17-7-4-5(9(11,12)13)18-8(10(14,15)16)19-6(4)20-21(7)2/h17H,3H2,1-2H3. The van der Waals surface area contributed by atoms with Gasteiger partial charge in [0.05, 0.1) is 5.39 Å². The molecule has 0 saturated carbocycles. The lowest BCUT2D eigenvalue weighted by atomic mass is 10.2. The smallest absolute Gasteiger partial charge is 0.370 e. The second kappa shape index (κ2) is 4.74. The largest absolute Gasteiger partial charge is 0.451 e. The summed E-state index contributed by atoms with van der Waals surface area (Å²) in [6.07, 6.45) is -10.2. The molecule has 0 aliphatic heterocycles. The molecule has 0 bridgehead atoms. The van der Waals surface area contributed by atoms with E-state index in [9.17, 15) is 26.3 Å². The van der Waals surface area contributed by atoms with Gasteiger partial charge in [-0.3, -0.25) is 4.68 Å². The van der Waals surface area contributed by atoms with Gasteiger partial charge in [-0.2, -0.15) is 31.4 Å². The minimum atomic E-state index is -5.09. The maximum absolute atomic E-state index is 13.0. The van der Waals surface area contributed by atoms with Gasteiger partial charge in [0, 0.05) is 13.6 Å². The lowest BCUT2D eigenvalue weighted by Gasteiger charge is -2.11. The van der Waals surface area contributed by atoms with Crippen LogP contribution in [0.3, 0.4) is 0 Å². The van der Waals surface area contributed by atoms with Crippen LogP contribution in [0.2, 0.25) is 0 Å². The molecule has 2 rings (SSSR count). The zero-order chi connectivity index (χ0) is 16.0. The van der Waals surface area contributed by atoms with Crippen molar-refractivity contribution in [3.05, 3.63) is 11.5 Å². The molecular weight excluding hydrogens is 304 g/mol. The van der Waals surface area contributed by atoms with Crippen molar-refractivity contribution < 1.29 is 26.3 Å². The number of halogens is 6. The molecular formula is C10H9F6N5. The molecule has 0 radical (unpaired) electrons. The summed E-state index contributed by atoms with van der Waals surface area (Å²) in [5.74, 6) is -1.96. The predicted octanol–water partition coefficient (Wildman–Crippen LogP) is 2.83. The van der Waals surface area contributed by atoms with Crippen LogP contribution in [0.1, 0.15) is 18.4 Å². The third kappa shape index (κ3) is 2.72. The van der Waals surface area contributed by atoms with Gasteiger partial charge in [-0.25, -0.2) is 9.97 Å². The predicted molar refractivity (Wildman–Crippen MR) is 60.5 cm³/mol. The topological polar surface area (TPSA) is 55.6 Å². The Morgan fingerprint density at radius 3 is 2.14 bits per heavy atom. The first-order valence-corrected chi connectivity index (χ1v) is 5.68. The summed E-state index contributed by atoms with van der Waals surface area (Å²) in [6.45, 7) is 1.88. The lowest BCUT2D eigenvalue weighted by Crippen LogP contribution is -2.17. The highest BCUT2D eigenvalue weighted by Crippen LogP contribution is 2.38. The van der Waals surface area contributed by atoms with E-state index in [2.05, 4.69) is 20.4 Å². The molecule has 0 saturated heterocycles. The number of nitrogens with zero attached hydrogens (tertiary/aromatic N) is 4. The minimum absolute atomic E-state index is 0.0893. The summed E-state index contributed by atoms with van der Waals surface area (Å²) in [6, 6.07) is 0. The molecule has 0 fully saturated rings. The van der Waals surface area contributed by atoms with E-state index in [4.69, 9.17) is 0 Å². The van der Waals surface area contributed by atoms with Crippen molar-refractivity contribution in [3.63, 3.8) is 0 Å². The second-order valence-electron chi connectivity index (χ2n) is 4.09. The molecule has 5 nitrogen and oxygen atoms in total. The zero-order valence-electron chi connectivity index (χ0n) is 10.8. The van der Waals surface area contributed by atoms with Gasteiger partial charge in [-0.1, -0.05) is 0 Å².